The molecule has 0 radical (unpaired) electrons. The van der Waals surface area contributed by atoms with Crippen LogP contribution in [0.25, 0.3) is 0 Å². The van der Waals surface area contributed by atoms with E-state index in [1.807, 2.05) is 53.3 Å². The predicted octanol–water partition coefficient (Wildman–Crippen LogP) is 1.92. The van der Waals surface area contributed by atoms with Crippen molar-refractivity contribution in [3.05, 3.63) is 53.6 Å². The Balaban J connectivity index is 1.49. The van der Waals surface area contributed by atoms with Crippen LogP contribution in [0, 0.1) is 0 Å². The summed E-state index contributed by atoms with van der Waals surface area (Å²) < 4.78 is 7.33. The molecule has 1 atom stereocenters. The lowest BCUT2D eigenvalue weighted by Crippen LogP contribution is -2.67. The van der Waals surface area contributed by atoms with Gasteiger partial charge < -0.3 is 19.5 Å². The Labute approximate surface area is 194 Å². The number of hydrogen-bond donors (Lipinski definition) is 1. The Morgan fingerprint density at radius 2 is 1.97 bits per heavy atom. The second-order valence-corrected chi connectivity index (χ2v) is 9.91. The second-order valence-electron chi connectivity index (χ2n) is 9.91. The van der Waals surface area contributed by atoms with E-state index in [9.17, 15) is 9.59 Å². The van der Waals surface area contributed by atoms with Gasteiger partial charge in [0.25, 0.3) is 5.91 Å². The Bertz CT molecular complexity index is 1040. The van der Waals surface area contributed by atoms with E-state index in [0.717, 1.165) is 43.7 Å². The van der Waals surface area contributed by atoms with Gasteiger partial charge in [-0.05, 0) is 38.3 Å². The maximum absolute atomic E-state index is 13.8. The van der Waals surface area contributed by atoms with E-state index in [4.69, 9.17) is 4.74 Å². The minimum atomic E-state index is -0.544. The van der Waals surface area contributed by atoms with Gasteiger partial charge in [-0.3, -0.25) is 14.5 Å². The summed E-state index contributed by atoms with van der Waals surface area (Å²) in [5, 5.41) is 3.20. The van der Waals surface area contributed by atoms with Crippen molar-refractivity contribution in [2.75, 3.05) is 26.3 Å². The third-order valence-electron chi connectivity index (χ3n) is 7.53. The van der Waals surface area contributed by atoms with Crippen LogP contribution in [0.4, 0.5) is 0 Å². The minimum Gasteiger partial charge on any atom is -0.377 e. The van der Waals surface area contributed by atoms with Gasteiger partial charge in [0.1, 0.15) is 0 Å². The number of imidazole rings is 1. The molecule has 2 amide bonds. The number of fused-ring (bicyclic) bond motifs is 1. The summed E-state index contributed by atoms with van der Waals surface area (Å²) in [4.78, 5) is 36.1. The van der Waals surface area contributed by atoms with Crippen molar-refractivity contribution in [1.82, 2.24) is 24.7 Å². The number of piperidine rings is 1. The van der Waals surface area contributed by atoms with Crippen molar-refractivity contribution in [2.45, 2.75) is 56.8 Å². The molecule has 176 valence electrons. The normalized spacial score (nSPS) is 23.0. The molecule has 4 heterocycles. The quantitative estimate of drug-likeness (QED) is 0.751. The largest absolute Gasteiger partial charge is 0.377 e. The highest BCUT2D eigenvalue weighted by Crippen LogP contribution is 2.48. The number of nitrogens with zero attached hydrogens (tertiary/aromatic N) is 4. The van der Waals surface area contributed by atoms with Crippen LogP contribution in [-0.2, 0) is 23.1 Å². The van der Waals surface area contributed by atoms with Crippen molar-refractivity contribution in [3.63, 3.8) is 0 Å². The fraction of sp³-hybridized carbons (Fsp3) is 0.560. The summed E-state index contributed by atoms with van der Waals surface area (Å²) in [6, 6.07) is 7.71. The third kappa shape index (κ3) is 3.75. The number of hydrogen-bond acceptors (Lipinski definition) is 5. The first kappa shape index (κ1) is 22.1. The van der Waals surface area contributed by atoms with Crippen molar-refractivity contribution in [1.29, 1.82) is 0 Å². The molecule has 2 saturated heterocycles. The van der Waals surface area contributed by atoms with Gasteiger partial charge in [-0.15, -0.1) is 0 Å². The molecule has 3 aliphatic heterocycles. The van der Waals surface area contributed by atoms with E-state index in [1.54, 1.807) is 0 Å². The van der Waals surface area contributed by atoms with Gasteiger partial charge in [-0.1, -0.05) is 18.2 Å². The molecule has 3 aliphatic rings. The van der Waals surface area contributed by atoms with Crippen molar-refractivity contribution < 1.29 is 14.3 Å². The van der Waals surface area contributed by atoms with E-state index in [1.165, 1.54) is 0 Å². The van der Waals surface area contributed by atoms with Crippen molar-refractivity contribution >= 4 is 11.8 Å². The molecule has 33 heavy (non-hydrogen) atoms. The third-order valence-corrected chi connectivity index (χ3v) is 7.53. The maximum Gasteiger partial charge on any atom is 0.254 e. The number of nitrogens with one attached hydrogen (secondary N) is 1. The molecule has 0 saturated carbocycles. The lowest BCUT2D eigenvalue weighted by atomic mass is 9.66. The van der Waals surface area contributed by atoms with Crippen molar-refractivity contribution in [3.8, 4) is 0 Å². The van der Waals surface area contributed by atoms with Crippen LogP contribution in [-0.4, -0.2) is 75.1 Å². The number of benzene rings is 1. The fourth-order valence-corrected chi connectivity index (χ4v) is 5.84. The predicted molar refractivity (Wildman–Crippen MR) is 124 cm³/mol. The summed E-state index contributed by atoms with van der Waals surface area (Å²) in [5.41, 5.74) is 2.13. The van der Waals surface area contributed by atoms with Crippen LogP contribution in [0.3, 0.4) is 0 Å². The smallest absolute Gasteiger partial charge is 0.254 e. The van der Waals surface area contributed by atoms with Gasteiger partial charge in [0, 0.05) is 44.5 Å². The molecule has 8 nitrogen and oxygen atoms in total. The molecule has 2 fully saturated rings. The lowest BCUT2D eigenvalue weighted by molar-refractivity contribution is -0.132. The number of carbonyl (C=O) groups excluding carboxylic acids is 2. The minimum absolute atomic E-state index is 0.00295. The number of aryl methyl sites for hydroxylation is 1. The molecular formula is C25H33N5O3. The molecule has 2 aromatic rings. The van der Waals surface area contributed by atoms with Gasteiger partial charge >= 0.3 is 0 Å². The molecule has 5 rings (SSSR count). The van der Waals surface area contributed by atoms with Crippen LogP contribution in [0.2, 0.25) is 0 Å². The summed E-state index contributed by atoms with van der Waals surface area (Å²) in [6.07, 6.45) is 5.23. The fourth-order valence-electron chi connectivity index (χ4n) is 5.84. The lowest BCUT2D eigenvalue weighted by Gasteiger charge is -2.56. The highest BCUT2D eigenvalue weighted by molar-refractivity contribution is 6.02. The summed E-state index contributed by atoms with van der Waals surface area (Å²) in [6.45, 7) is 7.68. The van der Waals surface area contributed by atoms with E-state index in [2.05, 4.69) is 29.0 Å². The van der Waals surface area contributed by atoms with Gasteiger partial charge in [-0.2, -0.15) is 0 Å². The second kappa shape index (κ2) is 8.57. The molecule has 8 heteroatoms. The van der Waals surface area contributed by atoms with Crippen LogP contribution in [0.15, 0.2) is 36.8 Å². The van der Waals surface area contributed by atoms with Crippen LogP contribution >= 0.6 is 0 Å². The number of rotatable bonds is 5. The summed E-state index contributed by atoms with van der Waals surface area (Å²) in [5.74, 6) is -0.348. The first-order valence-electron chi connectivity index (χ1n) is 11.9. The summed E-state index contributed by atoms with van der Waals surface area (Å²) >= 11 is 0. The van der Waals surface area contributed by atoms with Crippen LogP contribution in [0.1, 0.15) is 54.2 Å². The highest BCUT2D eigenvalue weighted by Gasteiger charge is 2.56. The highest BCUT2D eigenvalue weighted by atomic mass is 16.5. The summed E-state index contributed by atoms with van der Waals surface area (Å²) in [7, 11) is 2.01. The number of carbonyl (C=O) groups is 2. The van der Waals surface area contributed by atoms with Gasteiger partial charge in [-0.25, -0.2) is 4.98 Å². The first-order chi connectivity index (χ1) is 15.9. The molecule has 0 aliphatic carbocycles. The monoisotopic (exact) mass is 451 g/mol. The van der Waals surface area contributed by atoms with Crippen LogP contribution in [0.5, 0.6) is 0 Å². The van der Waals surface area contributed by atoms with E-state index in [0.29, 0.717) is 18.8 Å². The van der Waals surface area contributed by atoms with E-state index < -0.39 is 11.5 Å². The molecule has 1 aromatic heterocycles. The Morgan fingerprint density at radius 3 is 2.58 bits per heavy atom. The molecular weight excluding hydrogens is 418 g/mol. The standard InChI is InChI=1S/C25H33N5O3/c1-17(2)30-24(32)21-7-5-4-6-20(21)22(23(31)27-18-14-33-15-18)25(30)8-10-29(11-9-25)13-19-12-26-16-28(19)3/h4-7,12,16-18,22H,8-11,13-15H2,1-3H3,(H,27,31). The molecule has 0 bridgehead atoms. The number of ether oxygens (including phenoxy) is 1. The SMILES string of the molecule is CC(C)N1C(=O)c2ccccc2C(C(=O)NC2COC2)C12CCN(Cc1cncn1C)CC2. The Morgan fingerprint density at radius 1 is 1.24 bits per heavy atom. The molecule has 1 aromatic carbocycles. The molecule has 1 N–H and O–H groups in total. The molecule has 1 unspecified atom stereocenters. The topological polar surface area (TPSA) is 79.7 Å². The number of amides is 2. The average Bonchev–Trinajstić information content (AvgIpc) is 3.16. The number of likely N-dealkylation sites (tertiary alicyclic amines) is 1. The van der Waals surface area contributed by atoms with Gasteiger partial charge in [0.15, 0.2) is 0 Å². The van der Waals surface area contributed by atoms with Gasteiger partial charge in [0.2, 0.25) is 5.91 Å². The van der Waals surface area contributed by atoms with Crippen LogP contribution < -0.4 is 5.32 Å². The van der Waals surface area contributed by atoms with Crippen molar-refractivity contribution in [2.24, 2.45) is 7.05 Å². The molecule has 1 spiro atoms. The Kier molecular flexibility index (Phi) is 5.74. The maximum atomic E-state index is 13.8. The zero-order valence-corrected chi connectivity index (χ0v) is 19.7. The van der Waals surface area contributed by atoms with E-state index >= 15 is 0 Å². The Hall–Kier alpha value is -2.71. The zero-order valence-electron chi connectivity index (χ0n) is 19.7. The average molecular weight is 452 g/mol. The number of aromatic nitrogens is 2. The van der Waals surface area contributed by atoms with E-state index in [-0.39, 0.29) is 23.9 Å². The first-order valence-corrected chi connectivity index (χ1v) is 11.9. The zero-order chi connectivity index (χ0) is 23.2. The van der Waals surface area contributed by atoms with Gasteiger partial charge in [0.05, 0.1) is 42.7 Å².